The number of anilines is 1. The Labute approximate surface area is 192 Å². The normalized spacial score (nSPS) is 20.0. The molecule has 2 amide bonds. The number of carbonyl (C=O) groups excluding carboxylic acids is 3. The van der Waals surface area contributed by atoms with Gasteiger partial charge in [0.15, 0.2) is 5.13 Å². The van der Waals surface area contributed by atoms with Crippen LogP contribution in [0.2, 0.25) is 0 Å². The van der Waals surface area contributed by atoms with Crippen molar-refractivity contribution in [2.45, 2.75) is 18.3 Å². The molecule has 176 valence electrons. The van der Waals surface area contributed by atoms with Gasteiger partial charge in [-0.2, -0.15) is 9.36 Å². The van der Waals surface area contributed by atoms with Crippen LogP contribution in [0, 0.1) is 0 Å². The number of ether oxygens (including phenoxy) is 1. The van der Waals surface area contributed by atoms with Gasteiger partial charge in [0.1, 0.15) is 23.7 Å². The van der Waals surface area contributed by atoms with Gasteiger partial charge in [-0.3, -0.25) is 19.3 Å². The number of oxime groups is 1. The molecular weight excluding hydrogens is 484 g/mol. The fourth-order valence-corrected chi connectivity index (χ4v) is 4.62. The average Bonchev–Trinajstić information content (AvgIpc) is 3.17. The maximum Gasteiger partial charge on any atom is 0.352 e. The lowest BCUT2D eigenvalue weighted by atomic mass is 10.0. The van der Waals surface area contributed by atoms with E-state index in [0.29, 0.717) is 0 Å². The molecular formula is C16H16N6O9S2. The molecule has 2 aliphatic heterocycles. The monoisotopic (exact) mass is 500 g/mol. The predicted molar refractivity (Wildman–Crippen MR) is 111 cm³/mol. The van der Waals surface area contributed by atoms with E-state index in [0.717, 1.165) is 28.2 Å². The van der Waals surface area contributed by atoms with Crippen molar-refractivity contribution < 1.29 is 43.8 Å². The molecule has 3 rings (SSSR count). The second kappa shape index (κ2) is 9.82. The number of carboxylic acid groups (broad SMARTS) is 2. The van der Waals surface area contributed by atoms with Gasteiger partial charge in [0, 0.05) is 29.8 Å². The summed E-state index contributed by atoms with van der Waals surface area (Å²) in [7, 11) is 0. The molecule has 1 saturated heterocycles. The number of aromatic nitrogens is 2. The molecule has 2 atom stereocenters. The Balaban J connectivity index is 1.78. The van der Waals surface area contributed by atoms with Gasteiger partial charge in [-0.25, -0.2) is 9.59 Å². The van der Waals surface area contributed by atoms with Crippen LogP contribution in [-0.2, 0) is 33.5 Å². The van der Waals surface area contributed by atoms with E-state index in [4.69, 9.17) is 15.6 Å². The fraction of sp³-hybridized carbons (Fsp3) is 0.375. The van der Waals surface area contributed by atoms with Crippen LogP contribution in [-0.4, -0.2) is 90.3 Å². The zero-order valence-electron chi connectivity index (χ0n) is 16.7. The molecule has 0 unspecified atom stereocenters. The molecule has 0 aromatic carbocycles. The lowest BCUT2D eigenvalue weighted by molar-refractivity contribution is -0.150. The summed E-state index contributed by atoms with van der Waals surface area (Å²) < 4.78 is 8.68. The third kappa shape index (κ3) is 5.20. The number of nitrogens with two attached hydrogens (primary N) is 1. The summed E-state index contributed by atoms with van der Waals surface area (Å²) in [6, 6.07) is -1.12. The summed E-state index contributed by atoms with van der Waals surface area (Å²) in [5.74, 6) is -5.10. The van der Waals surface area contributed by atoms with Crippen molar-refractivity contribution in [3.63, 3.8) is 0 Å². The van der Waals surface area contributed by atoms with Crippen molar-refractivity contribution >= 4 is 63.9 Å². The molecule has 1 aromatic rings. The number of fused-ring (bicyclic) bond motifs is 1. The minimum Gasteiger partial charge on any atom is -0.479 e. The molecule has 1 aromatic heterocycles. The Bertz CT molecular complexity index is 1080. The number of nitrogens with zero attached hydrogens (tertiary/aromatic N) is 4. The molecule has 5 N–H and O–H groups in total. The highest BCUT2D eigenvalue weighted by Gasteiger charge is 2.54. The number of nitrogen functional groups attached to an aromatic ring is 1. The summed E-state index contributed by atoms with van der Waals surface area (Å²) in [4.78, 5) is 68.3. The number of carbonyl (C=O) groups is 5. The molecule has 0 radical (unpaired) electrons. The molecule has 0 spiro atoms. The van der Waals surface area contributed by atoms with E-state index >= 15 is 0 Å². The lowest BCUT2D eigenvalue weighted by Gasteiger charge is -2.49. The Hall–Kier alpha value is -3.73. The molecule has 2 aliphatic rings. The predicted octanol–water partition coefficient (Wildman–Crippen LogP) is -1.77. The second-order valence-electron chi connectivity index (χ2n) is 6.46. The minimum absolute atomic E-state index is 0.00835. The zero-order chi connectivity index (χ0) is 24.3. The van der Waals surface area contributed by atoms with Crippen LogP contribution < -0.4 is 11.1 Å². The third-order valence-corrected chi connectivity index (χ3v) is 6.08. The van der Waals surface area contributed by atoms with Crippen LogP contribution in [0.15, 0.2) is 16.4 Å². The van der Waals surface area contributed by atoms with E-state index in [1.165, 1.54) is 6.92 Å². The summed E-state index contributed by atoms with van der Waals surface area (Å²) in [6.07, 6.45) is 0. The molecule has 0 aliphatic carbocycles. The van der Waals surface area contributed by atoms with Crippen LogP contribution in [0.4, 0.5) is 5.13 Å². The first-order valence-corrected chi connectivity index (χ1v) is 10.8. The van der Waals surface area contributed by atoms with E-state index < -0.39 is 53.5 Å². The maximum atomic E-state index is 12.8. The Morgan fingerprint density at radius 1 is 1.33 bits per heavy atom. The first-order chi connectivity index (χ1) is 15.6. The van der Waals surface area contributed by atoms with Crippen molar-refractivity contribution in [1.29, 1.82) is 0 Å². The number of esters is 1. The molecule has 15 nitrogen and oxygen atoms in total. The van der Waals surface area contributed by atoms with Gasteiger partial charge in [-0.05, 0) is 0 Å². The van der Waals surface area contributed by atoms with Gasteiger partial charge >= 0.3 is 17.9 Å². The average molecular weight is 500 g/mol. The Morgan fingerprint density at radius 2 is 2.06 bits per heavy atom. The first kappa shape index (κ1) is 23.9. The minimum atomic E-state index is -1.38. The first-order valence-electron chi connectivity index (χ1n) is 8.95. The van der Waals surface area contributed by atoms with Crippen molar-refractivity contribution in [2.24, 2.45) is 5.16 Å². The Kier molecular flexibility index (Phi) is 7.12. The number of nitrogens with one attached hydrogen (secondary N) is 1. The van der Waals surface area contributed by atoms with Gasteiger partial charge in [-0.1, -0.05) is 5.16 Å². The SMILES string of the molecule is CC(=O)OCC1=C(C(=O)O)N2C(=O)[C@@H](NC(=O)/C(=N\OCC(=O)O)c3nsc(N)n3)[C@@H]2SC1. The second-order valence-corrected chi connectivity index (χ2v) is 8.35. The lowest BCUT2D eigenvalue weighted by Crippen LogP contribution is -2.71. The molecule has 0 saturated carbocycles. The molecule has 3 heterocycles. The van der Waals surface area contributed by atoms with Crippen LogP contribution in [0.3, 0.4) is 0 Å². The van der Waals surface area contributed by atoms with Crippen LogP contribution >= 0.6 is 23.3 Å². The van der Waals surface area contributed by atoms with Gasteiger partial charge in [0.05, 0.1) is 0 Å². The summed E-state index contributed by atoms with van der Waals surface area (Å²) in [6.45, 7) is 0.0409. The van der Waals surface area contributed by atoms with Crippen molar-refractivity contribution in [1.82, 2.24) is 19.6 Å². The number of thioether (sulfide) groups is 1. The number of rotatable bonds is 9. The zero-order valence-corrected chi connectivity index (χ0v) is 18.3. The fourth-order valence-electron chi connectivity index (χ4n) is 2.86. The highest BCUT2D eigenvalue weighted by molar-refractivity contribution is 8.00. The van der Waals surface area contributed by atoms with Crippen LogP contribution in [0.5, 0.6) is 0 Å². The Morgan fingerprint density at radius 3 is 2.64 bits per heavy atom. The summed E-state index contributed by atoms with van der Waals surface area (Å²) >= 11 is 1.92. The largest absolute Gasteiger partial charge is 0.479 e. The van der Waals surface area contributed by atoms with E-state index in [-0.39, 0.29) is 34.6 Å². The van der Waals surface area contributed by atoms with E-state index in [1.807, 2.05) is 0 Å². The van der Waals surface area contributed by atoms with Gasteiger partial charge in [-0.15, -0.1) is 11.8 Å². The van der Waals surface area contributed by atoms with Crippen molar-refractivity contribution in [3.8, 4) is 0 Å². The van der Waals surface area contributed by atoms with Crippen LogP contribution in [0.25, 0.3) is 0 Å². The number of amides is 2. The number of hydrogen-bond acceptors (Lipinski definition) is 13. The van der Waals surface area contributed by atoms with Gasteiger partial charge < -0.3 is 30.8 Å². The van der Waals surface area contributed by atoms with E-state index in [9.17, 15) is 29.1 Å². The number of carboxylic acids is 2. The van der Waals surface area contributed by atoms with E-state index in [1.54, 1.807) is 0 Å². The van der Waals surface area contributed by atoms with Gasteiger partial charge in [0.25, 0.3) is 11.8 Å². The quantitative estimate of drug-likeness (QED) is 0.128. The third-order valence-electron chi connectivity index (χ3n) is 4.20. The molecule has 33 heavy (non-hydrogen) atoms. The maximum absolute atomic E-state index is 12.8. The highest BCUT2D eigenvalue weighted by atomic mass is 32.2. The topological polar surface area (TPSA) is 224 Å². The smallest absolute Gasteiger partial charge is 0.352 e. The number of hydrogen-bond donors (Lipinski definition) is 4. The van der Waals surface area contributed by atoms with E-state index in [2.05, 4.69) is 24.7 Å². The van der Waals surface area contributed by atoms with Crippen LogP contribution in [0.1, 0.15) is 12.7 Å². The molecule has 1 fully saturated rings. The number of β-lactam (4-membered cyclic amide) rings is 1. The standard InChI is InChI=1S/C16H16N6O9S2/c1-5(23)30-2-6-4-32-14-9(13(27)22(14)10(6)15(28)29)18-12(26)8(20-31-3-7(24)25)11-19-16(17)33-21-11/h9,14H,2-4H2,1H3,(H,18,26)(H,24,25)(H,28,29)(H2,17,19,21)/b20-8-/t9-,14+/m1/s1. The van der Waals surface area contributed by atoms with Crippen molar-refractivity contribution in [3.05, 3.63) is 17.1 Å². The number of aliphatic carboxylic acids is 2. The molecule has 0 bridgehead atoms. The molecule has 17 heteroatoms. The highest BCUT2D eigenvalue weighted by Crippen LogP contribution is 2.40. The summed E-state index contributed by atoms with van der Waals surface area (Å²) in [5.41, 5.74) is 4.92. The van der Waals surface area contributed by atoms with Crippen molar-refractivity contribution in [2.75, 3.05) is 24.7 Å². The summed E-state index contributed by atoms with van der Waals surface area (Å²) in [5, 5.41) is 23.4. The van der Waals surface area contributed by atoms with Gasteiger partial charge in [0.2, 0.25) is 18.1 Å².